The molecule has 0 saturated carbocycles. The average molecular weight is 497 g/mol. The third-order valence-corrected chi connectivity index (χ3v) is 6.78. The summed E-state index contributed by atoms with van der Waals surface area (Å²) >= 11 is 0. The predicted molar refractivity (Wildman–Crippen MR) is 127 cm³/mol. The van der Waals surface area contributed by atoms with Crippen LogP contribution in [0.1, 0.15) is 26.3 Å². The van der Waals surface area contributed by atoms with E-state index >= 15 is 0 Å². The molecule has 0 fully saturated rings. The van der Waals surface area contributed by atoms with Crippen molar-refractivity contribution >= 4 is 27.8 Å². The molecule has 9 nitrogen and oxygen atoms in total. The minimum Gasteiger partial charge on any atom is -0.495 e. The van der Waals surface area contributed by atoms with Crippen LogP contribution >= 0.6 is 0 Å². The van der Waals surface area contributed by atoms with Crippen LogP contribution in [0.25, 0.3) is 0 Å². The first-order valence-corrected chi connectivity index (χ1v) is 11.9. The topological polar surface area (TPSA) is 119 Å². The molecule has 0 aliphatic carbocycles. The number of ether oxygens (including phenoxy) is 2. The van der Waals surface area contributed by atoms with Crippen molar-refractivity contribution in [2.75, 3.05) is 20.8 Å². The second-order valence-electron chi connectivity index (χ2n) is 7.43. The van der Waals surface area contributed by atoms with Crippen molar-refractivity contribution in [3.05, 3.63) is 95.6 Å². The van der Waals surface area contributed by atoms with Crippen LogP contribution in [0, 0.1) is 0 Å². The SMILES string of the molecule is COc1ccc(C(=O)OCC(=O)NC(=O)c2ccccc2)cc1S(=O)(=O)N(C)Cc1ccccc1. The molecule has 3 aromatic rings. The number of methoxy groups -OCH3 is 1. The Morgan fingerprint density at radius 2 is 1.51 bits per heavy atom. The van der Waals surface area contributed by atoms with Gasteiger partial charge in [-0.05, 0) is 35.9 Å². The maximum Gasteiger partial charge on any atom is 0.338 e. The highest BCUT2D eigenvalue weighted by atomic mass is 32.2. The summed E-state index contributed by atoms with van der Waals surface area (Å²) < 4.78 is 37.7. The number of carbonyl (C=O) groups is 3. The number of sulfonamides is 1. The highest BCUT2D eigenvalue weighted by molar-refractivity contribution is 7.89. The molecule has 0 aromatic heterocycles. The number of esters is 1. The van der Waals surface area contributed by atoms with Crippen molar-refractivity contribution in [1.29, 1.82) is 0 Å². The van der Waals surface area contributed by atoms with Gasteiger partial charge in [-0.15, -0.1) is 0 Å². The number of rotatable bonds is 9. The Hall–Kier alpha value is -4.02. The van der Waals surface area contributed by atoms with E-state index in [2.05, 4.69) is 5.32 Å². The number of amides is 2. The molecule has 35 heavy (non-hydrogen) atoms. The summed E-state index contributed by atoms with van der Waals surface area (Å²) in [5.41, 5.74) is 0.959. The largest absolute Gasteiger partial charge is 0.495 e. The molecule has 0 unspecified atom stereocenters. The molecule has 10 heteroatoms. The fourth-order valence-electron chi connectivity index (χ4n) is 3.14. The smallest absolute Gasteiger partial charge is 0.338 e. The van der Waals surface area contributed by atoms with Gasteiger partial charge in [0.1, 0.15) is 10.6 Å². The Balaban J connectivity index is 1.70. The van der Waals surface area contributed by atoms with E-state index in [4.69, 9.17) is 9.47 Å². The lowest BCUT2D eigenvalue weighted by Gasteiger charge is -2.19. The van der Waals surface area contributed by atoms with E-state index in [9.17, 15) is 22.8 Å². The third-order valence-electron chi connectivity index (χ3n) is 4.96. The van der Waals surface area contributed by atoms with Crippen LogP contribution in [0.15, 0.2) is 83.8 Å². The minimum absolute atomic E-state index is 0.0488. The molecule has 0 heterocycles. The summed E-state index contributed by atoms with van der Waals surface area (Å²) in [6.07, 6.45) is 0. The first-order valence-electron chi connectivity index (χ1n) is 10.5. The van der Waals surface area contributed by atoms with Gasteiger partial charge in [0, 0.05) is 19.2 Å². The molecular weight excluding hydrogens is 472 g/mol. The lowest BCUT2D eigenvalue weighted by molar-refractivity contribution is -0.123. The highest BCUT2D eigenvalue weighted by Crippen LogP contribution is 2.28. The van der Waals surface area contributed by atoms with Crippen LogP contribution < -0.4 is 10.1 Å². The summed E-state index contributed by atoms with van der Waals surface area (Å²) in [7, 11) is -1.30. The van der Waals surface area contributed by atoms with Gasteiger partial charge in [-0.1, -0.05) is 48.5 Å². The third kappa shape index (κ3) is 6.52. The Kier molecular flexibility index (Phi) is 8.34. The Morgan fingerprint density at radius 3 is 2.14 bits per heavy atom. The lowest BCUT2D eigenvalue weighted by atomic mass is 10.2. The molecule has 182 valence electrons. The van der Waals surface area contributed by atoms with Gasteiger partial charge in [0.25, 0.3) is 11.8 Å². The number of imide groups is 1. The van der Waals surface area contributed by atoms with E-state index < -0.39 is 34.4 Å². The fraction of sp³-hybridized carbons (Fsp3) is 0.160. The molecule has 3 aromatic carbocycles. The van der Waals surface area contributed by atoms with Gasteiger partial charge in [-0.3, -0.25) is 14.9 Å². The minimum atomic E-state index is -4.04. The maximum atomic E-state index is 13.2. The highest BCUT2D eigenvalue weighted by Gasteiger charge is 2.27. The van der Waals surface area contributed by atoms with Crippen molar-refractivity contribution in [2.24, 2.45) is 0 Å². The molecular formula is C25H24N2O7S. The standard InChI is InChI=1S/C25H24N2O7S/c1-27(16-18-9-5-3-6-10-18)35(31,32)22-15-20(13-14-21(22)33-2)25(30)34-17-23(28)26-24(29)19-11-7-4-8-12-19/h3-15H,16-17H2,1-2H3,(H,26,28,29). The molecule has 0 spiro atoms. The van der Waals surface area contributed by atoms with Crippen LogP contribution in [0.2, 0.25) is 0 Å². The quantitative estimate of drug-likeness (QED) is 0.452. The van der Waals surface area contributed by atoms with Crippen molar-refractivity contribution in [3.63, 3.8) is 0 Å². The van der Waals surface area contributed by atoms with Crippen molar-refractivity contribution < 1.29 is 32.3 Å². The van der Waals surface area contributed by atoms with Crippen LogP contribution in [-0.4, -0.2) is 51.3 Å². The maximum absolute atomic E-state index is 13.2. The Morgan fingerprint density at radius 1 is 0.886 bits per heavy atom. The summed E-state index contributed by atoms with van der Waals surface area (Å²) in [6, 6.07) is 20.9. The second-order valence-corrected chi connectivity index (χ2v) is 9.45. The van der Waals surface area contributed by atoms with Gasteiger partial charge in [-0.25, -0.2) is 13.2 Å². The van der Waals surface area contributed by atoms with E-state index in [1.54, 1.807) is 42.5 Å². The molecule has 0 bridgehead atoms. The summed E-state index contributed by atoms with van der Waals surface area (Å²) in [6.45, 7) is -0.615. The van der Waals surface area contributed by atoms with Gasteiger partial charge in [0.15, 0.2) is 6.61 Å². The number of hydrogen-bond acceptors (Lipinski definition) is 7. The van der Waals surface area contributed by atoms with Crippen LogP contribution in [-0.2, 0) is 26.1 Å². The second kappa shape index (κ2) is 11.4. The monoisotopic (exact) mass is 496 g/mol. The van der Waals surface area contributed by atoms with Gasteiger partial charge >= 0.3 is 5.97 Å². The zero-order valence-corrected chi connectivity index (χ0v) is 19.9. The molecule has 3 rings (SSSR count). The van der Waals surface area contributed by atoms with Crippen molar-refractivity contribution in [1.82, 2.24) is 9.62 Å². The van der Waals surface area contributed by atoms with E-state index in [1.807, 2.05) is 6.07 Å². The van der Waals surface area contributed by atoms with Crippen LogP contribution in [0.4, 0.5) is 0 Å². The summed E-state index contributed by atoms with van der Waals surface area (Å²) in [5, 5.41) is 2.12. The van der Waals surface area contributed by atoms with Gasteiger partial charge < -0.3 is 9.47 Å². The number of nitrogens with one attached hydrogen (secondary N) is 1. The first-order chi connectivity index (χ1) is 16.7. The molecule has 2 amide bonds. The van der Waals surface area contributed by atoms with E-state index in [0.717, 1.165) is 15.9 Å². The Labute approximate surface area is 203 Å². The lowest BCUT2D eigenvalue weighted by Crippen LogP contribution is -2.34. The van der Waals surface area contributed by atoms with Crippen LogP contribution in [0.3, 0.4) is 0 Å². The van der Waals surface area contributed by atoms with Gasteiger partial charge in [0.05, 0.1) is 12.7 Å². The van der Waals surface area contributed by atoms with E-state index in [0.29, 0.717) is 0 Å². The van der Waals surface area contributed by atoms with Gasteiger partial charge in [-0.2, -0.15) is 4.31 Å². The number of carbonyl (C=O) groups excluding carboxylic acids is 3. The van der Waals surface area contributed by atoms with Crippen LogP contribution in [0.5, 0.6) is 5.75 Å². The molecule has 0 aliphatic rings. The van der Waals surface area contributed by atoms with E-state index in [-0.39, 0.29) is 28.3 Å². The van der Waals surface area contributed by atoms with Crippen molar-refractivity contribution in [2.45, 2.75) is 11.4 Å². The zero-order chi connectivity index (χ0) is 25.4. The van der Waals surface area contributed by atoms with E-state index in [1.165, 1.54) is 38.4 Å². The number of hydrogen-bond donors (Lipinski definition) is 1. The average Bonchev–Trinajstić information content (AvgIpc) is 2.87. The first kappa shape index (κ1) is 25.6. The van der Waals surface area contributed by atoms with Crippen molar-refractivity contribution in [3.8, 4) is 5.75 Å². The molecule has 0 saturated heterocycles. The predicted octanol–water partition coefficient (Wildman–Crippen LogP) is 2.63. The summed E-state index contributed by atoms with van der Waals surface area (Å²) in [4.78, 5) is 36.3. The van der Waals surface area contributed by atoms with Gasteiger partial charge in [0.2, 0.25) is 10.0 Å². The molecule has 1 N–H and O–H groups in total. The molecule has 0 radical (unpaired) electrons. The molecule has 0 atom stereocenters. The molecule has 0 aliphatic heterocycles. The zero-order valence-electron chi connectivity index (χ0n) is 19.1. The number of nitrogens with zero attached hydrogens (tertiary/aromatic N) is 1. The Bertz CT molecular complexity index is 1310. The normalized spacial score (nSPS) is 11.1. The fourth-order valence-corrected chi connectivity index (χ4v) is 4.47. The summed E-state index contributed by atoms with van der Waals surface area (Å²) in [5.74, 6) is -2.34. The number of benzene rings is 3.